The van der Waals surface area contributed by atoms with Gasteiger partial charge in [0.25, 0.3) is 0 Å². The SMILES string of the molecule is C.CCCCC1(CCCC)CS(=O)(=O)c2ccc(N(C)C)cc2C(c2cccc(N)c2)C1O. The number of fused-ring (bicyclic) bond motifs is 1. The van der Waals surface area contributed by atoms with Gasteiger partial charge in [-0.3, -0.25) is 0 Å². The van der Waals surface area contributed by atoms with Crippen molar-refractivity contribution in [2.45, 2.75) is 76.7 Å². The van der Waals surface area contributed by atoms with Crippen LogP contribution in [0, 0.1) is 5.41 Å². The van der Waals surface area contributed by atoms with Crippen LogP contribution >= 0.6 is 0 Å². The number of anilines is 2. The molecular formula is C27H42N2O3S. The second kappa shape index (κ2) is 10.9. The van der Waals surface area contributed by atoms with E-state index < -0.39 is 27.3 Å². The third-order valence-corrected chi connectivity index (χ3v) is 8.92. The number of hydrogen-bond donors (Lipinski definition) is 2. The van der Waals surface area contributed by atoms with E-state index in [1.807, 2.05) is 55.4 Å². The highest BCUT2D eigenvalue weighted by atomic mass is 32.2. The van der Waals surface area contributed by atoms with Crippen molar-refractivity contribution in [3.05, 3.63) is 53.6 Å². The number of hydrogen-bond acceptors (Lipinski definition) is 5. The molecule has 5 nitrogen and oxygen atoms in total. The van der Waals surface area contributed by atoms with E-state index in [0.29, 0.717) is 29.0 Å². The second-order valence-corrected chi connectivity index (χ2v) is 11.5. The fourth-order valence-corrected chi connectivity index (χ4v) is 7.33. The molecule has 0 aliphatic carbocycles. The Balaban J connectivity index is 0.00000385. The van der Waals surface area contributed by atoms with Gasteiger partial charge in [0.05, 0.1) is 16.8 Å². The molecule has 3 N–H and O–H groups in total. The minimum absolute atomic E-state index is 0. The summed E-state index contributed by atoms with van der Waals surface area (Å²) in [6.07, 6.45) is 4.26. The fraction of sp³-hybridized carbons (Fsp3) is 0.556. The standard InChI is InChI=1S/C26H38N2O3S.CH4/c1-5-7-14-26(15-8-6-2)18-32(30,31)23-13-12-21(28(3)4)17-22(23)24(25(26)29)19-10-9-11-20(27)16-19;/h9-13,16-17,24-25,29H,5-8,14-15,18,27H2,1-4H3;1H4. The molecule has 0 spiro atoms. The maximum atomic E-state index is 13.8. The molecule has 2 unspecified atom stereocenters. The largest absolute Gasteiger partial charge is 0.399 e. The number of aliphatic hydroxyl groups excluding tert-OH is 1. The highest BCUT2D eigenvalue weighted by molar-refractivity contribution is 7.91. The van der Waals surface area contributed by atoms with Crippen molar-refractivity contribution in [3.8, 4) is 0 Å². The first-order valence-corrected chi connectivity index (χ1v) is 13.4. The highest BCUT2D eigenvalue weighted by Gasteiger charge is 2.49. The van der Waals surface area contributed by atoms with Crippen molar-refractivity contribution < 1.29 is 13.5 Å². The van der Waals surface area contributed by atoms with E-state index in [9.17, 15) is 13.5 Å². The molecule has 1 heterocycles. The molecule has 0 fully saturated rings. The monoisotopic (exact) mass is 474 g/mol. The van der Waals surface area contributed by atoms with Gasteiger partial charge in [0.2, 0.25) is 0 Å². The number of nitrogens with two attached hydrogens (primary N) is 1. The first-order valence-electron chi connectivity index (χ1n) is 11.7. The van der Waals surface area contributed by atoms with Crippen molar-refractivity contribution in [1.82, 2.24) is 0 Å². The lowest BCUT2D eigenvalue weighted by atomic mass is 9.68. The molecule has 33 heavy (non-hydrogen) atoms. The zero-order valence-electron chi connectivity index (χ0n) is 19.8. The van der Waals surface area contributed by atoms with Gasteiger partial charge in [-0.1, -0.05) is 59.1 Å². The molecular weight excluding hydrogens is 432 g/mol. The molecule has 1 aliphatic rings. The van der Waals surface area contributed by atoms with Gasteiger partial charge < -0.3 is 15.7 Å². The number of aliphatic hydroxyl groups is 1. The highest BCUT2D eigenvalue weighted by Crippen LogP contribution is 2.50. The van der Waals surface area contributed by atoms with Crippen molar-refractivity contribution in [3.63, 3.8) is 0 Å². The van der Waals surface area contributed by atoms with E-state index in [2.05, 4.69) is 13.8 Å². The van der Waals surface area contributed by atoms with Crippen LogP contribution in [-0.2, 0) is 9.84 Å². The summed E-state index contributed by atoms with van der Waals surface area (Å²) < 4.78 is 27.5. The molecule has 0 radical (unpaired) electrons. The minimum Gasteiger partial charge on any atom is -0.399 e. The van der Waals surface area contributed by atoms with E-state index in [-0.39, 0.29) is 13.2 Å². The summed E-state index contributed by atoms with van der Waals surface area (Å²) in [4.78, 5) is 2.30. The van der Waals surface area contributed by atoms with Crippen LogP contribution in [0.25, 0.3) is 0 Å². The van der Waals surface area contributed by atoms with Crippen LogP contribution < -0.4 is 10.6 Å². The van der Waals surface area contributed by atoms with Crippen molar-refractivity contribution >= 4 is 21.2 Å². The Morgan fingerprint density at radius 1 is 1.06 bits per heavy atom. The number of rotatable bonds is 8. The molecule has 2 aromatic rings. The van der Waals surface area contributed by atoms with Crippen LogP contribution in [0.5, 0.6) is 0 Å². The zero-order chi connectivity index (χ0) is 23.5. The molecule has 3 rings (SSSR count). The Labute approximate surface area is 200 Å². The lowest BCUT2D eigenvalue weighted by Gasteiger charge is -2.40. The summed E-state index contributed by atoms with van der Waals surface area (Å²) in [5.74, 6) is -0.478. The number of benzene rings is 2. The number of unbranched alkanes of at least 4 members (excludes halogenated alkanes) is 2. The van der Waals surface area contributed by atoms with Crippen LogP contribution in [0.15, 0.2) is 47.4 Å². The summed E-state index contributed by atoms with van der Waals surface area (Å²) in [5, 5.41) is 12.0. The average Bonchev–Trinajstić information content (AvgIpc) is 2.82. The lowest BCUT2D eigenvalue weighted by Crippen LogP contribution is -2.43. The molecule has 0 aromatic heterocycles. The van der Waals surface area contributed by atoms with E-state index in [1.165, 1.54) is 0 Å². The third kappa shape index (κ3) is 5.55. The van der Waals surface area contributed by atoms with Gasteiger partial charge in [0.1, 0.15) is 0 Å². The number of sulfone groups is 1. The Morgan fingerprint density at radius 3 is 2.24 bits per heavy atom. The van der Waals surface area contributed by atoms with Gasteiger partial charge in [0, 0.05) is 36.8 Å². The van der Waals surface area contributed by atoms with Crippen LogP contribution in [0.2, 0.25) is 0 Å². The van der Waals surface area contributed by atoms with Gasteiger partial charge >= 0.3 is 0 Å². The normalized spacial score (nSPS) is 20.9. The minimum atomic E-state index is -3.58. The number of nitrogen functional groups attached to an aromatic ring is 1. The molecule has 1 aliphatic heterocycles. The van der Waals surface area contributed by atoms with E-state index >= 15 is 0 Å². The van der Waals surface area contributed by atoms with Gasteiger partial charge in [-0.25, -0.2) is 8.42 Å². The molecule has 2 aromatic carbocycles. The maximum Gasteiger partial charge on any atom is 0.179 e. The molecule has 6 heteroatoms. The predicted octanol–water partition coefficient (Wildman–Crippen LogP) is 5.62. The van der Waals surface area contributed by atoms with E-state index in [4.69, 9.17) is 5.73 Å². The summed E-state index contributed by atoms with van der Waals surface area (Å²) in [6, 6.07) is 13.0. The average molecular weight is 475 g/mol. The van der Waals surface area contributed by atoms with Gasteiger partial charge in [0.15, 0.2) is 9.84 Å². The molecule has 0 amide bonds. The Bertz CT molecular complexity index is 1030. The smallest absolute Gasteiger partial charge is 0.179 e. The summed E-state index contributed by atoms with van der Waals surface area (Å²) in [6.45, 7) is 4.22. The molecule has 0 saturated heterocycles. The second-order valence-electron chi connectivity index (χ2n) is 9.54. The summed E-state index contributed by atoms with van der Waals surface area (Å²) in [5.41, 5.74) is 8.48. The van der Waals surface area contributed by atoms with Gasteiger partial charge in [-0.2, -0.15) is 0 Å². The van der Waals surface area contributed by atoms with Crippen molar-refractivity contribution in [2.75, 3.05) is 30.5 Å². The fourth-order valence-electron chi connectivity index (χ4n) is 5.14. The van der Waals surface area contributed by atoms with Crippen LogP contribution in [0.4, 0.5) is 11.4 Å². The third-order valence-electron chi connectivity index (χ3n) is 6.93. The molecule has 184 valence electrons. The summed E-state index contributed by atoms with van der Waals surface area (Å²) >= 11 is 0. The van der Waals surface area contributed by atoms with Gasteiger partial charge in [-0.05, 0) is 54.3 Å². The quantitative estimate of drug-likeness (QED) is 0.485. The van der Waals surface area contributed by atoms with E-state index in [1.54, 1.807) is 6.07 Å². The van der Waals surface area contributed by atoms with E-state index in [0.717, 1.165) is 36.9 Å². The molecule has 2 atom stereocenters. The first-order chi connectivity index (χ1) is 15.1. The van der Waals surface area contributed by atoms with Crippen molar-refractivity contribution in [1.29, 1.82) is 0 Å². The van der Waals surface area contributed by atoms with Crippen LogP contribution in [-0.4, -0.2) is 39.5 Å². The van der Waals surface area contributed by atoms with Gasteiger partial charge in [-0.15, -0.1) is 0 Å². The molecule has 0 saturated carbocycles. The first kappa shape index (κ1) is 27.2. The van der Waals surface area contributed by atoms with Crippen LogP contribution in [0.3, 0.4) is 0 Å². The van der Waals surface area contributed by atoms with Crippen LogP contribution in [0.1, 0.15) is 76.8 Å². The predicted molar refractivity (Wildman–Crippen MR) is 140 cm³/mol. The lowest BCUT2D eigenvalue weighted by molar-refractivity contribution is 0.0127. The maximum absolute atomic E-state index is 13.8. The zero-order valence-corrected chi connectivity index (χ0v) is 20.7. The molecule has 0 bridgehead atoms. The topological polar surface area (TPSA) is 83.6 Å². The Hall–Kier alpha value is -2.05. The van der Waals surface area contributed by atoms with Crippen molar-refractivity contribution in [2.24, 2.45) is 5.41 Å². The Kier molecular flexibility index (Phi) is 9.00. The number of nitrogens with zero attached hydrogens (tertiary/aromatic N) is 1. The Morgan fingerprint density at radius 2 is 1.70 bits per heavy atom. The summed E-state index contributed by atoms with van der Waals surface area (Å²) in [7, 11) is 0.289.